The van der Waals surface area contributed by atoms with Crippen molar-refractivity contribution in [1.29, 1.82) is 0 Å². The Kier molecular flexibility index (Phi) is 8.06. The highest BCUT2D eigenvalue weighted by atomic mass is 35.5. The fourth-order valence-electron chi connectivity index (χ4n) is 3.15. The molecule has 7 nitrogen and oxygen atoms in total. The zero-order chi connectivity index (χ0) is 24.0. The summed E-state index contributed by atoms with van der Waals surface area (Å²) in [5, 5.41) is 10.3. The van der Waals surface area contributed by atoms with Crippen LogP contribution in [-0.4, -0.2) is 35.7 Å². The van der Waals surface area contributed by atoms with E-state index in [2.05, 4.69) is 27.6 Å². The molecule has 174 valence electrons. The van der Waals surface area contributed by atoms with Crippen molar-refractivity contribution >= 4 is 34.8 Å². The van der Waals surface area contributed by atoms with Gasteiger partial charge in [-0.3, -0.25) is 14.8 Å². The lowest BCUT2D eigenvalue weighted by atomic mass is 10.2. The van der Waals surface area contributed by atoms with E-state index >= 15 is 0 Å². The van der Waals surface area contributed by atoms with Gasteiger partial charge < -0.3 is 10.2 Å². The molecule has 0 spiro atoms. The van der Waals surface area contributed by atoms with Crippen molar-refractivity contribution in [2.45, 2.75) is 33.4 Å². The second-order valence-corrected chi connectivity index (χ2v) is 8.23. The fraction of sp³-hybridized carbons (Fsp3) is 0.292. The monoisotopic (exact) mass is 470 g/mol. The van der Waals surface area contributed by atoms with Gasteiger partial charge in [0.05, 0.1) is 17.3 Å². The standard InChI is InChI=1S/C24H28ClFN6O/c1-5-11-32-15-18(16(2)30-32)14-27-24(28-19-9-10-22(26)21(25)13-19)29-23(33)17-7-6-8-20(12-17)31(3)4/h6-10,12-13,15H,5,11,14H2,1-4H3,(H2,27,28,29,33). The molecule has 3 rings (SSSR count). The van der Waals surface area contributed by atoms with Crippen LogP contribution in [0.4, 0.5) is 15.8 Å². The van der Waals surface area contributed by atoms with E-state index in [0.717, 1.165) is 29.9 Å². The predicted molar refractivity (Wildman–Crippen MR) is 132 cm³/mol. The van der Waals surface area contributed by atoms with Gasteiger partial charge >= 0.3 is 0 Å². The van der Waals surface area contributed by atoms with Crippen LogP contribution in [0.15, 0.2) is 53.7 Å². The molecule has 0 aliphatic carbocycles. The lowest BCUT2D eigenvalue weighted by Gasteiger charge is -2.15. The molecule has 9 heteroatoms. The average Bonchev–Trinajstić information content (AvgIpc) is 3.13. The first-order valence-corrected chi connectivity index (χ1v) is 11.0. The summed E-state index contributed by atoms with van der Waals surface area (Å²) < 4.78 is 15.5. The molecule has 1 amide bonds. The van der Waals surface area contributed by atoms with Crippen LogP contribution in [0.25, 0.3) is 0 Å². The number of hydrogen-bond donors (Lipinski definition) is 2. The molecule has 3 aromatic rings. The molecule has 2 N–H and O–H groups in total. The molecule has 0 radical (unpaired) electrons. The van der Waals surface area contributed by atoms with Crippen LogP contribution < -0.4 is 15.5 Å². The quantitative estimate of drug-likeness (QED) is 0.382. The molecule has 0 unspecified atom stereocenters. The van der Waals surface area contributed by atoms with E-state index in [4.69, 9.17) is 11.6 Å². The maximum absolute atomic E-state index is 13.6. The second kappa shape index (κ2) is 11.0. The molecule has 2 aromatic carbocycles. The zero-order valence-electron chi connectivity index (χ0n) is 19.2. The highest BCUT2D eigenvalue weighted by Crippen LogP contribution is 2.20. The van der Waals surface area contributed by atoms with Crippen molar-refractivity contribution in [2.24, 2.45) is 4.99 Å². The van der Waals surface area contributed by atoms with E-state index in [1.165, 1.54) is 18.2 Å². The van der Waals surface area contributed by atoms with Crippen LogP contribution >= 0.6 is 11.6 Å². The van der Waals surface area contributed by atoms with Gasteiger partial charge in [0.2, 0.25) is 5.96 Å². The van der Waals surface area contributed by atoms with Crippen LogP contribution in [-0.2, 0) is 13.1 Å². The highest BCUT2D eigenvalue weighted by Gasteiger charge is 2.12. The third-order valence-corrected chi connectivity index (χ3v) is 5.24. The Morgan fingerprint density at radius 1 is 1.24 bits per heavy atom. The third kappa shape index (κ3) is 6.55. The fourth-order valence-corrected chi connectivity index (χ4v) is 3.33. The lowest BCUT2D eigenvalue weighted by molar-refractivity contribution is 0.0977. The maximum atomic E-state index is 13.6. The predicted octanol–water partition coefficient (Wildman–Crippen LogP) is 4.86. The summed E-state index contributed by atoms with van der Waals surface area (Å²) in [6.07, 6.45) is 2.93. The van der Waals surface area contributed by atoms with E-state index in [1.807, 2.05) is 48.9 Å². The first-order chi connectivity index (χ1) is 15.8. The van der Waals surface area contributed by atoms with E-state index in [9.17, 15) is 9.18 Å². The Labute approximate surface area is 198 Å². The minimum absolute atomic E-state index is 0.0268. The molecule has 0 atom stereocenters. The third-order valence-electron chi connectivity index (χ3n) is 4.95. The van der Waals surface area contributed by atoms with Gasteiger partial charge in [0.1, 0.15) is 5.82 Å². The molecule has 33 heavy (non-hydrogen) atoms. The Bertz CT molecular complexity index is 1160. The summed E-state index contributed by atoms with van der Waals surface area (Å²) in [4.78, 5) is 19.4. The van der Waals surface area contributed by atoms with Gasteiger partial charge in [0, 0.05) is 49.3 Å². The summed E-state index contributed by atoms with van der Waals surface area (Å²) >= 11 is 5.91. The minimum Gasteiger partial charge on any atom is -0.378 e. The molecule has 0 bridgehead atoms. The number of aliphatic imine (C=N–C) groups is 1. The number of amides is 1. The largest absolute Gasteiger partial charge is 0.378 e. The van der Waals surface area contributed by atoms with Gasteiger partial charge in [-0.05, 0) is 49.7 Å². The minimum atomic E-state index is -0.524. The first-order valence-electron chi connectivity index (χ1n) is 10.6. The summed E-state index contributed by atoms with van der Waals surface area (Å²) in [5.74, 6) is -0.624. The second-order valence-electron chi connectivity index (χ2n) is 7.82. The summed E-state index contributed by atoms with van der Waals surface area (Å²) in [7, 11) is 3.82. The number of guanidine groups is 1. The molecular weight excluding hydrogens is 443 g/mol. The SMILES string of the molecule is CCCn1cc(CN=C(NC(=O)c2cccc(N(C)C)c2)Nc2ccc(F)c(Cl)c2)c(C)n1. The molecule has 0 fully saturated rings. The number of aryl methyl sites for hydroxylation is 2. The number of nitrogens with one attached hydrogen (secondary N) is 2. The number of hydrogen-bond acceptors (Lipinski definition) is 4. The number of aromatic nitrogens is 2. The number of anilines is 2. The zero-order valence-corrected chi connectivity index (χ0v) is 19.9. The maximum Gasteiger partial charge on any atom is 0.258 e. The van der Waals surface area contributed by atoms with Gasteiger partial charge in [-0.1, -0.05) is 24.6 Å². The van der Waals surface area contributed by atoms with Gasteiger partial charge in [-0.15, -0.1) is 0 Å². The number of rotatable bonds is 7. The van der Waals surface area contributed by atoms with Crippen LogP contribution in [0.2, 0.25) is 5.02 Å². The Balaban J connectivity index is 1.85. The van der Waals surface area contributed by atoms with Crippen LogP contribution in [0.5, 0.6) is 0 Å². The Hall–Kier alpha value is -3.39. The lowest BCUT2D eigenvalue weighted by Crippen LogP contribution is -2.36. The van der Waals surface area contributed by atoms with Crippen molar-refractivity contribution in [2.75, 3.05) is 24.3 Å². The molecule has 1 heterocycles. The normalized spacial score (nSPS) is 11.4. The summed E-state index contributed by atoms with van der Waals surface area (Å²) in [6.45, 7) is 5.15. The van der Waals surface area contributed by atoms with Gasteiger partial charge in [-0.25, -0.2) is 9.38 Å². The number of halogens is 2. The van der Waals surface area contributed by atoms with Gasteiger partial charge in [0.25, 0.3) is 5.91 Å². The van der Waals surface area contributed by atoms with Crippen molar-refractivity contribution < 1.29 is 9.18 Å². The number of carbonyl (C=O) groups excluding carboxylic acids is 1. The van der Waals surface area contributed by atoms with Crippen molar-refractivity contribution in [3.8, 4) is 0 Å². The molecule has 1 aromatic heterocycles. The highest BCUT2D eigenvalue weighted by molar-refractivity contribution is 6.31. The number of nitrogens with zero attached hydrogens (tertiary/aromatic N) is 4. The topological polar surface area (TPSA) is 74.6 Å². The number of benzene rings is 2. The van der Waals surface area contributed by atoms with Crippen molar-refractivity contribution in [3.05, 3.63) is 76.3 Å². The Morgan fingerprint density at radius 3 is 2.73 bits per heavy atom. The van der Waals surface area contributed by atoms with Crippen LogP contribution in [0.1, 0.15) is 35.0 Å². The molecule has 0 aliphatic heterocycles. The van der Waals surface area contributed by atoms with E-state index in [0.29, 0.717) is 17.8 Å². The van der Waals surface area contributed by atoms with Gasteiger partial charge in [-0.2, -0.15) is 5.10 Å². The van der Waals surface area contributed by atoms with Crippen LogP contribution in [0, 0.1) is 12.7 Å². The Morgan fingerprint density at radius 2 is 2.03 bits per heavy atom. The molecule has 0 saturated carbocycles. The first kappa shape index (κ1) is 24.3. The molecule has 0 aliphatic rings. The van der Waals surface area contributed by atoms with E-state index in [-0.39, 0.29) is 16.9 Å². The van der Waals surface area contributed by atoms with Crippen molar-refractivity contribution in [1.82, 2.24) is 15.1 Å². The molecule has 0 saturated heterocycles. The average molecular weight is 471 g/mol. The smallest absolute Gasteiger partial charge is 0.258 e. The summed E-state index contributed by atoms with van der Waals surface area (Å²) in [6, 6.07) is 11.5. The van der Waals surface area contributed by atoms with Crippen molar-refractivity contribution in [3.63, 3.8) is 0 Å². The van der Waals surface area contributed by atoms with Crippen LogP contribution in [0.3, 0.4) is 0 Å². The summed E-state index contributed by atoms with van der Waals surface area (Å²) in [5.41, 5.74) is 3.71. The van der Waals surface area contributed by atoms with Gasteiger partial charge in [0.15, 0.2) is 0 Å². The number of carbonyl (C=O) groups is 1. The van der Waals surface area contributed by atoms with E-state index in [1.54, 1.807) is 12.1 Å². The molecular formula is C24H28ClFN6O. The van der Waals surface area contributed by atoms with E-state index < -0.39 is 5.82 Å².